The molecule has 2 aliphatic rings. The molecule has 200 valence electrons. The van der Waals surface area contributed by atoms with E-state index in [-0.39, 0.29) is 34.5 Å². The molecule has 0 aliphatic heterocycles. The van der Waals surface area contributed by atoms with E-state index in [0.717, 1.165) is 12.8 Å². The van der Waals surface area contributed by atoms with Crippen molar-refractivity contribution in [3.05, 3.63) is 29.7 Å². The molecule has 3 aromatic heterocycles. The lowest BCUT2D eigenvalue weighted by Crippen LogP contribution is -2.38. The molecule has 3 aromatic rings. The van der Waals surface area contributed by atoms with Crippen LogP contribution in [0.2, 0.25) is 0 Å². The van der Waals surface area contributed by atoms with Gasteiger partial charge >= 0.3 is 12.5 Å². The van der Waals surface area contributed by atoms with Gasteiger partial charge in [-0.1, -0.05) is 0 Å². The van der Waals surface area contributed by atoms with E-state index in [1.807, 2.05) is 6.92 Å². The average molecular weight is 527 g/mol. The van der Waals surface area contributed by atoms with Crippen LogP contribution in [-0.2, 0) is 16.1 Å². The van der Waals surface area contributed by atoms with Gasteiger partial charge in [0.15, 0.2) is 5.82 Å². The first-order valence-corrected chi connectivity index (χ1v) is 11.6. The number of alkyl halides is 4. The topological polar surface area (TPSA) is 128 Å². The molecule has 0 spiro atoms. The Balaban J connectivity index is 1.28. The maximum atomic E-state index is 15.1. The van der Waals surface area contributed by atoms with Crippen molar-refractivity contribution in [2.45, 2.75) is 69.3 Å². The molecule has 3 N–H and O–H groups in total. The molecular weight excluding hydrogens is 502 g/mol. The molecule has 2 aliphatic carbocycles. The summed E-state index contributed by atoms with van der Waals surface area (Å²) in [5.74, 6) is 0.0512. The zero-order valence-corrected chi connectivity index (χ0v) is 19.9. The summed E-state index contributed by atoms with van der Waals surface area (Å²) in [6.07, 6.45) is -3.80. The Morgan fingerprint density at radius 2 is 2.05 bits per heavy atom. The van der Waals surface area contributed by atoms with Crippen molar-refractivity contribution in [2.75, 3.05) is 12.4 Å². The molecule has 0 aromatic carbocycles. The van der Waals surface area contributed by atoms with Crippen molar-refractivity contribution in [1.29, 1.82) is 0 Å². The number of nitrogens with one attached hydrogen (secondary N) is 3. The number of alkyl carbamates (subject to hydrolysis) is 1. The van der Waals surface area contributed by atoms with Gasteiger partial charge in [-0.3, -0.25) is 14.2 Å². The lowest BCUT2D eigenvalue weighted by atomic mass is 10.0. The van der Waals surface area contributed by atoms with Crippen LogP contribution < -0.4 is 15.4 Å². The summed E-state index contributed by atoms with van der Waals surface area (Å²) in [7, 11) is 1.39. The molecule has 11 nitrogen and oxygen atoms in total. The first-order valence-electron chi connectivity index (χ1n) is 11.6. The molecule has 0 radical (unpaired) electrons. The Bertz CT molecular complexity index is 1290. The maximum Gasteiger partial charge on any atom is 0.522 e. The Morgan fingerprint density at radius 3 is 2.76 bits per heavy atom. The third-order valence-electron chi connectivity index (χ3n) is 6.47. The number of carbonyl (C=O) groups excluding carboxylic acids is 1. The summed E-state index contributed by atoms with van der Waals surface area (Å²) in [5, 5.41) is 12.7. The average Bonchev–Trinajstić information content (AvgIpc) is 3.19. The van der Waals surface area contributed by atoms with Crippen LogP contribution in [0, 0.1) is 0 Å². The summed E-state index contributed by atoms with van der Waals surface area (Å²) in [6.45, 7) is 1.13. The number of methoxy groups -OCH3 is 1. The smallest absolute Gasteiger partial charge is 0.481 e. The second kappa shape index (κ2) is 9.36. The molecule has 5 rings (SSSR count). The summed E-state index contributed by atoms with van der Waals surface area (Å²) in [5.41, 5.74) is 0.532. The zero-order chi connectivity index (χ0) is 26.4. The van der Waals surface area contributed by atoms with E-state index in [1.54, 1.807) is 6.07 Å². The lowest BCUT2D eigenvalue weighted by Gasteiger charge is -2.19. The van der Waals surface area contributed by atoms with E-state index in [9.17, 15) is 18.0 Å². The van der Waals surface area contributed by atoms with Gasteiger partial charge in [0.05, 0.1) is 19.4 Å². The fourth-order valence-electron chi connectivity index (χ4n) is 4.24. The van der Waals surface area contributed by atoms with Crippen molar-refractivity contribution in [1.82, 2.24) is 29.9 Å². The molecule has 3 atom stereocenters. The van der Waals surface area contributed by atoms with Crippen LogP contribution in [0.15, 0.2) is 18.3 Å². The van der Waals surface area contributed by atoms with Crippen molar-refractivity contribution in [2.24, 2.45) is 0 Å². The number of aromatic amines is 1. The van der Waals surface area contributed by atoms with E-state index in [1.165, 1.54) is 23.8 Å². The molecule has 0 saturated heterocycles. The number of hydrogen-bond acceptors (Lipinski definition) is 8. The second-order valence-electron chi connectivity index (χ2n) is 9.41. The number of fused-ring (bicyclic) bond motifs is 1. The van der Waals surface area contributed by atoms with Crippen molar-refractivity contribution < 1.29 is 36.6 Å². The second-order valence-corrected chi connectivity index (χ2v) is 9.41. The molecule has 3 heterocycles. The van der Waals surface area contributed by atoms with Crippen LogP contribution in [0.3, 0.4) is 0 Å². The van der Waals surface area contributed by atoms with Gasteiger partial charge in [0.25, 0.3) is 0 Å². The first-order chi connectivity index (χ1) is 17.5. The number of rotatable bonds is 8. The number of imidazole rings is 1. The van der Waals surface area contributed by atoms with E-state index in [4.69, 9.17) is 9.47 Å². The molecule has 2 saturated carbocycles. The highest BCUT2D eigenvalue weighted by molar-refractivity contribution is 5.69. The number of ether oxygens (including phenoxy) is 3. The van der Waals surface area contributed by atoms with Gasteiger partial charge in [-0.2, -0.15) is 10.1 Å². The van der Waals surface area contributed by atoms with Crippen LogP contribution in [-0.4, -0.2) is 61.9 Å². The van der Waals surface area contributed by atoms with E-state index in [2.05, 4.69) is 35.5 Å². The van der Waals surface area contributed by atoms with Gasteiger partial charge < -0.3 is 20.1 Å². The number of anilines is 2. The third-order valence-corrected chi connectivity index (χ3v) is 6.47. The third kappa shape index (κ3) is 5.70. The first kappa shape index (κ1) is 25.0. The van der Waals surface area contributed by atoms with Crippen LogP contribution >= 0.6 is 0 Å². The molecular formula is C22H25F4N7O4. The number of amides is 1. The molecule has 1 amide bonds. The van der Waals surface area contributed by atoms with E-state index >= 15 is 4.39 Å². The number of carbonyl (C=O) groups is 1. The molecule has 0 unspecified atom stereocenters. The minimum atomic E-state index is -4.80. The largest absolute Gasteiger partial charge is 0.522 e. The van der Waals surface area contributed by atoms with Gasteiger partial charge in [0.2, 0.25) is 11.8 Å². The maximum absolute atomic E-state index is 15.1. The summed E-state index contributed by atoms with van der Waals surface area (Å²) >= 11 is 0. The molecule has 2 fully saturated rings. The highest BCUT2D eigenvalue weighted by Crippen LogP contribution is 2.39. The van der Waals surface area contributed by atoms with E-state index < -0.39 is 37.3 Å². The van der Waals surface area contributed by atoms with Gasteiger partial charge in [0, 0.05) is 35.5 Å². The normalized spacial score (nSPS) is 22.7. The summed E-state index contributed by atoms with van der Waals surface area (Å²) in [6, 6.07) is 3.05. The minimum absolute atomic E-state index is 0.0233. The Morgan fingerprint density at radius 1 is 1.27 bits per heavy atom. The SMILES string of the molecule is COc1cc2nc(COC(F)(F)F)cn2c(Nc2cc([C@H]3CC[C@@H](OC(=O)NC4(C)CC4)[C@H]3F)[nH]n2)n1. The predicted octanol–water partition coefficient (Wildman–Crippen LogP) is 4.10. The van der Waals surface area contributed by atoms with Gasteiger partial charge in [-0.15, -0.1) is 13.2 Å². The standard InChI is InChI=1S/C22H25F4N7O4/c1-21(5-6-21)30-20(34)37-14-4-3-12(18(14)23)13-7-15(32-31-13)28-19-29-17(35-2)8-16-27-11(9-33(16)19)10-36-22(24,25)26/h7-9,12,14,18H,3-6,10H2,1-2H3,(H,30,34)(H2,28,29,31,32)/t12-,14-,18+/m1/s1. The van der Waals surface area contributed by atoms with Crippen molar-refractivity contribution in [3.8, 4) is 5.88 Å². The fourth-order valence-corrected chi connectivity index (χ4v) is 4.24. The lowest BCUT2D eigenvalue weighted by molar-refractivity contribution is -0.330. The van der Waals surface area contributed by atoms with Crippen molar-refractivity contribution >= 4 is 23.5 Å². The van der Waals surface area contributed by atoms with Gasteiger partial charge in [-0.25, -0.2) is 14.2 Å². The highest BCUT2D eigenvalue weighted by Gasteiger charge is 2.43. The summed E-state index contributed by atoms with van der Waals surface area (Å²) < 4.78 is 68.2. The van der Waals surface area contributed by atoms with Crippen LogP contribution in [0.4, 0.5) is 34.1 Å². The monoisotopic (exact) mass is 527 g/mol. The Kier molecular flexibility index (Phi) is 6.33. The number of H-pyrrole nitrogens is 1. The fraction of sp³-hybridized carbons (Fsp3) is 0.545. The van der Waals surface area contributed by atoms with E-state index in [0.29, 0.717) is 18.5 Å². The van der Waals surface area contributed by atoms with Crippen LogP contribution in [0.1, 0.15) is 49.9 Å². The van der Waals surface area contributed by atoms with Crippen LogP contribution in [0.25, 0.3) is 5.65 Å². The quantitative estimate of drug-likeness (QED) is 0.374. The van der Waals surface area contributed by atoms with Crippen molar-refractivity contribution in [3.63, 3.8) is 0 Å². The Labute approximate surface area is 207 Å². The number of hydrogen-bond donors (Lipinski definition) is 3. The van der Waals surface area contributed by atoms with Gasteiger partial charge in [-0.05, 0) is 32.6 Å². The zero-order valence-electron chi connectivity index (χ0n) is 19.9. The van der Waals surface area contributed by atoms with Gasteiger partial charge in [0.1, 0.15) is 17.9 Å². The predicted molar refractivity (Wildman–Crippen MR) is 120 cm³/mol. The number of nitrogens with zero attached hydrogens (tertiary/aromatic N) is 4. The number of aromatic nitrogens is 5. The molecule has 37 heavy (non-hydrogen) atoms. The minimum Gasteiger partial charge on any atom is -0.481 e. The molecule has 0 bridgehead atoms. The highest BCUT2D eigenvalue weighted by atomic mass is 19.4. The number of halogens is 4. The summed E-state index contributed by atoms with van der Waals surface area (Å²) in [4.78, 5) is 20.5. The molecule has 15 heteroatoms. The van der Waals surface area contributed by atoms with Crippen LogP contribution in [0.5, 0.6) is 5.88 Å². The Hall–Kier alpha value is -3.62.